The van der Waals surface area contributed by atoms with E-state index in [4.69, 9.17) is 4.42 Å². The van der Waals surface area contributed by atoms with Crippen molar-refractivity contribution in [1.29, 1.82) is 0 Å². The first-order chi connectivity index (χ1) is 11.5. The summed E-state index contributed by atoms with van der Waals surface area (Å²) in [4.78, 5) is 0.233. The molecule has 0 bridgehead atoms. The maximum Gasteiger partial charge on any atom is 0.241 e. The zero-order chi connectivity index (χ0) is 17.2. The fourth-order valence-corrected chi connectivity index (χ4v) is 3.64. The molecular formula is C19H19NO3S. The van der Waals surface area contributed by atoms with Crippen LogP contribution in [0.15, 0.2) is 76.2 Å². The van der Waals surface area contributed by atoms with Gasteiger partial charge in [-0.15, -0.1) is 0 Å². The summed E-state index contributed by atoms with van der Waals surface area (Å²) in [6.07, 6.45) is 1.54. The first-order valence-corrected chi connectivity index (χ1v) is 9.13. The highest BCUT2D eigenvalue weighted by atomic mass is 32.2. The molecule has 3 rings (SSSR count). The number of aryl methyl sites for hydroxylation is 2. The minimum Gasteiger partial charge on any atom is -0.467 e. The molecule has 0 saturated heterocycles. The van der Waals surface area contributed by atoms with Crippen molar-refractivity contribution in [3.8, 4) is 0 Å². The van der Waals surface area contributed by atoms with Crippen LogP contribution in [0.3, 0.4) is 0 Å². The maximum atomic E-state index is 12.7. The molecule has 0 spiro atoms. The highest BCUT2D eigenvalue weighted by Crippen LogP contribution is 2.25. The Kier molecular flexibility index (Phi) is 4.55. The van der Waals surface area contributed by atoms with Gasteiger partial charge in [0.15, 0.2) is 0 Å². The lowest BCUT2D eigenvalue weighted by Gasteiger charge is -2.17. The fourth-order valence-electron chi connectivity index (χ4n) is 2.45. The summed E-state index contributed by atoms with van der Waals surface area (Å²) in [7, 11) is -3.67. The molecule has 0 amide bonds. The van der Waals surface area contributed by atoms with Crippen LogP contribution in [0.1, 0.15) is 28.5 Å². The monoisotopic (exact) mass is 341 g/mol. The molecule has 0 radical (unpaired) electrons. The number of furan rings is 1. The summed E-state index contributed by atoms with van der Waals surface area (Å²) in [6.45, 7) is 3.91. The number of benzene rings is 2. The van der Waals surface area contributed by atoms with Crippen LogP contribution in [0, 0.1) is 13.8 Å². The number of rotatable bonds is 5. The molecule has 3 aromatic rings. The summed E-state index contributed by atoms with van der Waals surface area (Å²) in [5, 5.41) is 0. The molecule has 1 N–H and O–H groups in total. The van der Waals surface area contributed by atoms with Crippen LogP contribution in [0.25, 0.3) is 0 Å². The van der Waals surface area contributed by atoms with Crippen LogP contribution in [-0.4, -0.2) is 8.42 Å². The second kappa shape index (κ2) is 6.63. The predicted molar refractivity (Wildman–Crippen MR) is 93.2 cm³/mol. The van der Waals surface area contributed by atoms with Gasteiger partial charge in [0.05, 0.1) is 11.2 Å². The Balaban J connectivity index is 1.97. The third-order valence-electron chi connectivity index (χ3n) is 3.84. The van der Waals surface area contributed by atoms with E-state index < -0.39 is 16.1 Å². The van der Waals surface area contributed by atoms with Crippen molar-refractivity contribution in [3.05, 3.63) is 89.4 Å². The first kappa shape index (κ1) is 16.5. The van der Waals surface area contributed by atoms with Crippen LogP contribution in [0.4, 0.5) is 0 Å². The summed E-state index contributed by atoms with van der Waals surface area (Å²) in [5.74, 6) is 0.550. The van der Waals surface area contributed by atoms with Gasteiger partial charge in [-0.2, -0.15) is 4.72 Å². The van der Waals surface area contributed by atoms with Gasteiger partial charge in [0.2, 0.25) is 10.0 Å². The third kappa shape index (κ3) is 3.58. The van der Waals surface area contributed by atoms with E-state index in [-0.39, 0.29) is 4.90 Å². The van der Waals surface area contributed by atoms with Crippen molar-refractivity contribution >= 4 is 10.0 Å². The van der Waals surface area contributed by atoms with E-state index in [1.165, 1.54) is 6.26 Å². The summed E-state index contributed by atoms with van der Waals surface area (Å²) >= 11 is 0. The van der Waals surface area contributed by atoms with Gasteiger partial charge in [-0.3, -0.25) is 0 Å². The van der Waals surface area contributed by atoms with Gasteiger partial charge in [-0.1, -0.05) is 47.5 Å². The van der Waals surface area contributed by atoms with Gasteiger partial charge in [-0.25, -0.2) is 8.42 Å². The van der Waals surface area contributed by atoms with Crippen LogP contribution in [-0.2, 0) is 10.0 Å². The fraction of sp³-hybridized carbons (Fsp3) is 0.158. The standard InChI is InChI=1S/C19H19NO3S/c1-14-5-9-16(10-6-14)19(18-4-3-13-23-18)20-24(21,22)17-11-7-15(2)8-12-17/h3-13,19-20H,1-2H3. The van der Waals surface area contributed by atoms with Crippen molar-refractivity contribution in [2.75, 3.05) is 0 Å². The second-order valence-electron chi connectivity index (χ2n) is 5.79. The molecule has 5 heteroatoms. The maximum absolute atomic E-state index is 12.7. The zero-order valence-electron chi connectivity index (χ0n) is 13.6. The highest BCUT2D eigenvalue weighted by Gasteiger charge is 2.24. The highest BCUT2D eigenvalue weighted by molar-refractivity contribution is 7.89. The lowest BCUT2D eigenvalue weighted by molar-refractivity contribution is 0.471. The van der Waals surface area contributed by atoms with Crippen molar-refractivity contribution in [2.24, 2.45) is 0 Å². The average molecular weight is 341 g/mol. The van der Waals surface area contributed by atoms with E-state index in [1.54, 1.807) is 36.4 Å². The van der Waals surface area contributed by atoms with E-state index in [0.717, 1.165) is 16.7 Å². The Morgan fingerprint density at radius 2 is 1.46 bits per heavy atom. The second-order valence-corrected chi connectivity index (χ2v) is 7.51. The largest absolute Gasteiger partial charge is 0.467 e. The molecule has 0 aliphatic rings. The van der Waals surface area contributed by atoms with Gasteiger partial charge >= 0.3 is 0 Å². The number of nitrogens with one attached hydrogen (secondary N) is 1. The van der Waals surface area contributed by atoms with Gasteiger partial charge in [0, 0.05) is 0 Å². The third-order valence-corrected chi connectivity index (χ3v) is 5.28. The average Bonchev–Trinajstić information content (AvgIpc) is 3.08. The Labute approximate surface area is 142 Å². The molecule has 0 saturated carbocycles. The van der Waals surface area contributed by atoms with E-state index in [0.29, 0.717) is 5.76 Å². The quantitative estimate of drug-likeness (QED) is 0.764. The normalized spacial score (nSPS) is 12.9. The minimum absolute atomic E-state index is 0.233. The van der Waals surface area contributed by atoms with E-state index >= 15 is 0 Å². The molecule has 1 unspecified atom stereocenters. The van der Waals surface area contributed by atoms with Crippen LogP contribution < -0.4 is 4.72 Å². The summed E-state index contributed by atoms with van der Waals surface area (Å²) in [6, 6.07) is 17.4. The zero-order valence-corrected chi connectivity index (χ0v) is 14.4. The van der Waals surface area contributed by atoms with E-state index in [1.807, 2.05) is 38.1 Å². The summed E-state index contributed by atoms with van der Waals surface area (Å²) < 4.78 is 33.7. The SMILES string of the molecule is Cc1ccc(C(NS(=O)(=O)c2ccc(C)cc2)c2ccco2)cc1. The Morgan fingerprint density at radius 3 is 2.00 bits per heavy atom. The molecule has 0 fully saturated rings. The summed E-state index contributed by atoms with van der Waals surface area (Å²) in [5.41, 5.74) is 2.94. The lowest BCUT2D eigenvalue weighted by atomic mass is 10.0. The Hall–Kier alpha value is -2.37. The molecule has 2 aromatic carbocycles. The lowest BCUT2D eigenvalue weighted by Crippen LogP contribution is -2.29. The molecule has 4 nitrogen and oxygen atoms in total. The molecule has 1 aromatic heterocycles. The van der Waals surface area contributed by atoms with Crippen molar-refractivity contribution in [3.63, 3.8) is 0 Å². The van der Waals surface area contributed by atoms with Crippen molar-refractivity contribution in [1.82, 2.24) is 4.72 Å². The van der Waals surface area contributed by atoms with Crippen molar-refractivity contribution in [2.45, 2.75) is 24.8 Å². The molecule has 0 aliphatic carbocycles. The Bertz CT molecular complexity index is 896. The molecule has 124 valence electrons. The van der Waals surface area contributed by atoms with Gasteiger partial charge in [0.1, 0.15) is 11.8 Å². The van der Waals surface area contributed by atoms with Gasteiger partial charge in [-0.05, 0) is 43.7 Å². The Morgan fingerprint density at radius 1 is 0.875 bits per heavy atom. The van der Waals surface area contributed by atoms with Crippen LogP contribution in [0.5, 0.6) is 0 Å². The van der Waals surface area contributed by atoms with E-state index in [2.05, 4.69) is 4.72 Å². The van der Waals surface area contributed by atoms with Crippen LogP contribution >= 0.6 is 0 Å². The first-order valence-electron chi connectivity index (χ1n) is 7.65. The topological polar surface area (TPSA) is 59.3 Å². The van der Waals surface area contributed by atoms with Gasteiger partial charge < -0.3 is 4.42 Å². The smallest absolute Gasteiger partial charge is 0.241 e. The molecule has 24 heavy (non-hydrogen) atoms. The minimum atomic E-state index is -3.67. The molecule has 0 aliphatic heterocycles. The van der Waals surface area contributed by atoms with E-state index in [9.17, 15) is 8.42 Å². The molecule has 1 heterocycles. The number of hydrogen-bond donors (Lipinski definition) is 1. The predicted octanol–water partition coefficient (Wildman–Crippen LogP) is 3.96. The van der Waals surface area contributed by atoms with Crippen LogP contribution in [0.2, 0.25) is 0 Å². The van der Waals surface area contributed by atoms with Gasteiger partial charge in [0.25, 0.3) is 0 Å². The van der Waals surface area contributed by atoms with Crippen molar-refractivity contribution < 1.29 is 12.8 Å². The number of hydrogen-bond acceptors (Lipinski definition) is 3. The number of sulfonamides is 1. The molecular weight excluding hydrogens is 322 g/mol. The molecule has 1 atom stereocenters.